The summed E-state index contributed by atoms with van der Waals surface area (Å²) in [5.41, 5.74) is 1.18. The van der Waals surface area contributed by atoms with Crippen molar-refractivity contribution in [2.75, 3.05) is 24.8 Å². The maximum atomic E-state index is 5.44. The van der Waals surface area contributed by atoms with Crippen molar-refractivity contribution in [1.82, 2.24) is 9.97 Å². The molecule has 2 aliphatic rings. The van der Waals surface area contributed by atoms with Crippen molar-refractivity contribution in [3.8, 4) is 11.5 Å². The van der Waals surface area contributed by atoms with E-state index < -0.39 is 0 Å². The zero-order valence-electron chi connectivity index (χ0n) is 14.6. The van der Waals surface area contributed by atoms with Crippen LogP contribution in [-0.4, -0.2) is 29.9 Å². The van der Waals surface area contributed by atoms with Gasteiger partial charge in [-0.15, -0.1) is 0 Å². The fourth-order valence-corrected chi connectivity index (χ4v) is 4.37. The van der Waals surface area contributed by atoms with Crippen molar-refractivity contribution < 1.29 is 9.47 Å². The van der Waals surface area contributed by atoms with Crippen LogP contribution >= 0.6 is 11.8 Å². The Morgan fingerprint density at radius 2 is 1.92 bits per heavy atom. The summed E-state index contributed by atoms with van der Waals surface area (Å²) in [6.07, 6.45) is 3.17. The predicted molar refractivity (Wildman–Crippen MR) is 99.3 cm³/mol. The zero-order valence-corrected chi connectivity index (χ0v) is 15.5. The maximum absolute atomic E-state index is 5.44. The van der Waals surface area contributed by atoms with Gasteiger partial charge in [0.1, 0.15) is 5.82 Å². The first-order valence-electron chi connectivity index (χ1n) is 8.76. The van der Waals surface area contributed by atoms with E-state index in [1.54, 1.807) is 11.8 Å². The number of fused-ring (bicyclic) bond motifs is 1. The molecule has 2 aliphatic heterocycles. The molecule has 5 nitrogen and oxygen atoms in total. The maximum Gasteiger partial charge on any atom is 0.231 e. The highest BCUT2D eigenvalue weighted by atomic mass is 32.2. The summed E-state index contributed by atoms with van der Waals surface area (Å²) in [5, 5.41) is 0.820. The zero-order chi connectivity index (χ0) is 17.2. The SMILES string of the molecule is CC1CC(C)CN(c2ccnc(SCc3ccc4c(c3)OCO4)n2)C1. The standard InChI is InChI=1S/C19H23N3O2S/c1-13-7-14(2)10-22(9-13)18-5-6-20-19(21-18)25-11-15-3-4-16-17(8-15)24-12-23-16/h3-6,8,13-14H,7,9-12H2,1-2H3. The molecule has 0 N–H and O–H groups in total. The van der Waals surface area contributed by atoms with Gasteiger partial charge in [0.25, 0.3) is 0 Å². The molecule has 2 unspecified atom stereocenters. The average Bonchev–Trinajstić information content (AvgIpc) is 3.07. The summed E-state index contributed by atoms with van der Waals surface area (Å²) >= 11 is 1.65. The van der Waals surface area contributed by atoms with Crippen molar-refractivity contribution in [3.05, 3.63) is 36.0 Å². The Labute approximate surface area is 152 Å². The van der Waals surface area contributed by atoms with Gasteiger partial charge in [-0.3, -0.25) is 0 Å². The highest BCUT2D eigenvalue weighted by molar-refractivity contribution is 7.98. The Morgan fingerprint density at radius 1 is 1.12 bits per heavy atom. The predicted octanol–water partition coefficient (Wildman–Crippen LogP) is 3.98. The molecule has 0 amide bonds. The molecule has 1 aromatic carbocycles. The normalized spacial score (nSPS) is 22.2. The van der Waals surface area contributed by atoms with Gasteiger partial charge in [0.2, 0.25) is 6.79 Å². The van der Waals surface area contributed by atoms with Crippen LogP contribution in [-0.2, 0) is 5.75 Å². The van der Waals surface area contributed by atoms with E-state index in [0.29, 0.717) is 18.6 Å². The Bertz CT molecular complexity index is 745. The summed E-state index contributed by atoms with van der Waals surface area (Å²) < 4.78 is 10.8. The van der Waals surface area contributed by atoms with E-state index in [9.17, 15) is 0 Å². The van der Waals surface area contributed by atoms with Gasteiger partial charge in [-0.05, 0) is 42.0 Å². The molecular weight excluding hydrogens is 334 g/mol. The molecule has 132 valence electrons. The number of piperidine rings is 1. The van der Waals surface area contributed by atoms with Gasteiger partial charge < -0.3 is 14.4 Å². The highest BCUT2D eigenvalue weighted by Gasteiger charge is 2.23. The molecule has 2 aromatic rings. The number of ether oxygens (including phenoxy) is 2. The average molecular weight is 357 g/mol. The van der Waals surface area contributed by atoms with E-state index in [1.165, 1.54) is 12.0 Å². The third-order valence-corrected chi connectivity index (χ3v) is 5.55. The van der Waals surface area contributed by atoms with Crippen molar-refractivity contribution in [3.63, 3.8) is 0 Å². The van der Waals surface area contributed by atoms with Gasteiger partial charge in [0.05, 0.1) is 0 Å². The Hall–Kier alpha value is -1.95. The van der Waals surface area contributed by atoms with Gasteiger partial charge in [0, 0.05) is 25.0 Å². The first-order chi connectivity index (χ1) is 12.2. The number of hydrogen-bond acceptors (Lipinski definition) is 6. The van der Waals surface area contributed by atoms with Gasteiger partial charge in [-0.2, -0.15) is 0 Å². The lowest BCUT2D eigenvalue weighted by molar-refractivity contribution is 0.174. The molecule has 1 saturated heterocycles. The Balaban J connectivity index is 1.43. The van der Waals surface area contributed by atoms with Crippen LogP contribution in [0.25, 0.3) is 0 Å². The topological polar surface area (TPSA) is 47.5 Å². The number of aromatic nitrogens is 2. The summed E-state index contributed by atoms with van der Waals surface area (Å²) in [7, 11) is 0. The van der Waals surface area contributed by atoms with Crippen LogP contribution < -0.4 is 14.4 Å². The minimum atomic E-state index is 0.309. The second-order valence-corrected chi connectivity index (χ2v) is 7.97. The number of benzene rings is 1. The second-order valence-electron chi connectivity index (χ2n) is 7.02. The van der Waals surface area contributed by atoms with E-state index in [4.69, 9.17) is 14.5 Å². The molecular formula is C19H23N3O2S. The smallest absolute Gasteiger partial charge is 0.231 e. The molecule has 1 fully saturated rings. The largest absolute Gasteiger partial charge is 0.454 e. The molecule has 25 heavy (non-hydrogen) atoms. The second kappa shape index (κ2) is 7.12. The van der Waals surface area contributed by atoms with Gasteiger partial charge in [0.15, 0.2) is 16.7 Å². The van der Waals surface area contributed by atoms with Crippen molar-refractivity contribution in [1.29, 1.82) is 0 Å². The fraction of sp³-hybridized carbons (Fsp3) is 0.474. The van der Waals surface area contributed by atoms with Crippen LogP contribution in [0.15, 0.2) is 35.6 Å². The summed E-state index contributed by atoms with van der Waals surface area (Å²) in [5.74, 6) is 4.92. The monoisotopic (exact) mass is 357 g/mol. The first kappa shape index (κ1) is 16.5. The molecule has 0 bridgehead atoms. The first-order valence-corrected chi connectivity index (χ1v) is 9.75. The summed E-state index contributed by atoms with van der Waals surface area (Å²) in [6, 6.07) is 8.09. The van der Waals surface area contributed by atoms with Crippen LogP contribution in [0, 0.1) is 11.8 Å². The molecule has 3 heterocycles. The van der Waals surface area contributed by atoms with Crippen LogP contribution in [0.2, 0.25) is 0 Å². The van der Waals surface area contributed by atoms with Crippen molar-refractivity contribution >= 4 is 17.6 Å². The van der Waals surface area contributed by atoms with Crippen molar-refractivity contribution in [2.24, 2.45) is 11.8 Å². The highest BCUT2D eigenvalue weighted by Crippen LogP contribution is 2.34. The van der Waals surface area contributed by atoms with E-state index in [2.05, 4.69) is 29.8 Å². The third kappa shape index (κ3) is 3.84. The number of hydrogen-bond donors (Lipinski definition) is 0. The molecule has 0 spiro atoms. The van der Waals surface area contributed by atoms with E-state index >= 15 is 0 Å². The minimum absolute atomic E-state index is 0.309. The number of rotatable bonds is 4. The number of anilines is 1. The quantitative estimate of drug-likeness (QED) is 0.609. The fourth-order valence-electron chi connectivity index (χ4n) is 3.61. The lowest BCUT2D eigenvalue weighted by atomic mass is 9.92. The molecule has 6 heteroatoms. The van der Waals surface area contributed by atoms with E-state index in [0.717, 1.165) is 41.3 Å². The molecule has 0 saturated carbocycles. The van der Waals surface area contributed by atoms with Crippen LogP contribution in [0.5, 0.6) is 11.5 Å². The van der Waals surface area contributed by atoms with Crippen LogP contribution in [0.4, 0.5) is 5.82 Å². The van der Waals surface area contributed by atoms with Gasteiger partial charge >= 0.3 is 0 Å². The Kier molecular flexibility index (Phi) is 4.70. The number of nitrogens with zero attached hydrogens (tertiary/aromatic N) is 3. The Morgan fingerprint density at radius 3 is 2.76 bits per heavy atom. The van der Waals surface area contributed by atoms with E-state index in [1.807, 2.05) is 24.4 Å². The van der Waals surface area contributed by atoms with E-state index in [-0.39, 0.29) is 0 Å². The molecule has 0 radical (unpaired) electrons. The van der Waals surface area contributed by atoms with Gasteiger partial charge in [-0.25, -0.2) is 9.97 Å². The summed E-state index contributed by atoms with van der Waals surface area (Å²) in [6.45, 7) is 7.10. The minimum Gasteiger partial charge on any atom is -0.454 e. The molecule has 1 aromatic heterocycles. The van der Waals surface area contributed by atoms with Gasteiger partial charge in [-0.1, -0.05) is 31.7 Å². The number of thioether (sulfide) groups is 1. The lowest BCUT2D eigenvalue weighted by Gasteiger charge is -2.35. The lowest BCUT2D eigenvalue weighted by Crippen LogP contribution is -2.39. The van der Waals surface area contributed by atoms with Crippen LogP contribution in [0.3, 0.4) is 0 Å². The van der Waals surface area contributed by atoms with Crippen molar-refractivity contribution in [2.45, 2.75) is 31.2 Å². The molecule has 0 aliphatic carbocycles. The third-order valence-electron chi connectivity index (χ3n) is 4.62. The molecule has 2 atom stereocenters. The van der Waals surface area contributed by atoms with Crippen LogP contribution in [0.1, 0.15) is 25.8 Å². The molecule has 4 rings (SSSR count). The summed E-state index contributed by atoms with van der Waals surface area (Å²) in [4.78, 5) is 11.6.